The quantitative estimate of drug-likeness (QED) is 0.540. The Morgan fingerprint density at radius 1 is 1.35 bits per heavy atom. The molecular weight excluding hydrogens is 218 g/mol. The first-order chi connectivity index (χ1) is 8.08. The summed E-state index contributed by atoms with van der Waals surface area (Å²) < 4.78 is 5.30. The second-order valence-electron chi connectivity index (χ2n) is 3.92. The summed E-state index contributed by atoms with van der Waals surface area (Å²) in [7, 11) is 0. The number of hydrogen-bond donors (Lipinski definition) is 3. The van der Waals surface area contributed by atoms with Gasteiger partial charge in [-0.2, -0.15) is 0 Å². The van der Waals surface area contributed by atoms with Crippen molar-refractivity contribution in [2.75, 3.05) is 24.2 Å². The number of ether oxygens (including phenoxy) is 1. The van der Waals surface area contributed by atoms with Crippen LogP contribution in [-0.2, 0) is 4.74 Å². The van der Waals surface area contributed by atoms with Crippen molar-refractivity contribution in [1.29, 1.82) is 0 Å². The molecule has 0 aliphatic heterocycles. The third kappa shape index (κ3) is 5.77. The molecule has 0 unspecified atom stereocenters. The minimum atomic E-state index is -0.248. The molecule has 17 heavy (non-hydrogen) atoms. The molecule has 0 aliphatic carbocycles. The van der Waals surface area contributed by atoms with Crippen LogP contribution < -0.4 is 16.4 Å². The summed E-state index contributed by atoms with van der Waals surface area (Å²) in [4.78, 5) is 11.4. The number of benzene rings is 1. The van der Waals surface area contributed by atoms with Crippen molar-refractivity contribution in [1.82, 2.24) is 5.32 Å². The predicted octanol–water partition coefficient (Wildman–Crippen LogP) is 1.82. The fourth-order valence-electron chi connectivity index (χ4n) is 1.20. The van der Waals surface area contributed by atoms with Crippen LogP contribution in [0.2, 0.25) is 0 Å². The first-order valence-corrected chi connectivity index (χ1v) is 5.60. The summed E-state index contributed by atoms with van der Waals surface area (Å²) in [5.74, 6) is 0. The molecule has 0 radical (unpaired) electrons. The van der Waals surface area contributed by atoms with Crippen molar-refractivity contribution < 1.29 is 9.53 Å². The Morgan fingerprint density at radius 2 is 2.00 bits per heavy atom. The van der Waals surface area contributed by atoms with Crippen LogP contribution in [0.25, 0.3) is 0 Å². The maximum atomic E-state index is 11.4. The van der Waals surface area contributed by atoms with E-state index in [0.29, 0.717) is 24.5 Å². The van der Waals surface area contributed by atoms with Gasteiger partial charge in [-0.05, 0) is 38.1 Å². The van der Waals surface area contributed by atoms with Gasteiger partial charge in [0.25, 0.3) is 0 Å². The van der Waals surface area contributed by atoms with E-state index >= 15 is 0 Å². The minimum Gasteiger partial charge on any atom is -0.399 e. The summed E-state index contributed by atoms with van der Waals surface area (Å²) in [6, 6.07) is 6.72. The fourth-order valence-corrected chi connectivity index (χ4v) is 1.20. The number of nitrogen functional groups attached to an aromatic ring is 1. The molecule has 0 saturated carbocycles. The van der Waals surface area contributed by atoms with E-state index in [1.807, 2.05) is 13.8 Å². The molecule has 0 saturated heterocycles. The Kier molecular flexibility index (Phi) is 5.29. The molecule has 0 bridgehead atoms. The lowest BCUT2D eigenvalue weighted by Crippen LogP contribution is -2.32. The number of amides is 2. The van der Waals surface area contributed by atoms with Gasteiger partial charge < -0.3 is 21.1 Å². The molecule has 0 spiro atoms. The number of hydrogen-bond acceptors (Lipinski definition) is 3. The third-order valence-corrected chi connectivity index (χ3v) is 2.01. The summed E-state index contributed by atoms with van der Waals surface area (Å²) >= 11 is 0. The van der Waals surface area contributed by atoms with Gasteiger partial charge in [0, 0.05) is 17.9 Å². The van der Waals surface area contributed by atoms with E-state index in [1.165, 1.54) is 0 Å². The van der Waals surface area contributed by atoms with Crippen molar-refractivity contribution in [2.24, 2.45) is 0 Å². The number of urea groups is 1. The second-order valence-corrected chi connectivity index (χ2v) is 3.92. The number of rotatable bonds is 5. The van der Waals surface area contributed by atoms with Gasteiger partial charge >= 0.3 is 6.03 Å². The number of nitrogens with two attached hydrogens (primary N) is 1. The number of nitrogens with one attached hydrogen (secondary N) is 2. The summed E-state index contributed by atoms with van der Waals surface area (Å²) in [6.07, 6.45) is 0.178. The normalized spacial score (nSPS) is 10.3. The number of carbonyl (C=O) groups excluding carboxylic acids is 1. The SMILES string of the molecule is CC(C)OCCNC(=O)Nc1ccc(N)cc1. The molecule has 0 atom stereocenters. The molecule has 0 heterocycles. The minimum absolute atomic E-state index is 0.178. The largest absolute Gasteiger partial charge is 0.399 e. The molecule has 5 heteroatoms. The molecule has 2 amide bonds. The standard InChI is InChI=1S/C12H19N3O2/c1-9(2)17-8-7-14-12(16)15-11-5-3-10(13)4-6-11/h3-6,9H,7-8,13H2,1-2H3,(H2,14,15,16). The molecule has 0 fully saturated rings. The van der Waals surface area contributed by atoms with Crippen LogP contribution in [0.15, 0.2) is 24.3 Å². The molecule has 0 aromatic heterocycles. The lowest BCUT2D eigenvalue weighted by atomic mass is 10.3. The van der Waals surface area contributed by atoms with Gasteiger partial charge in [0.1, 0.15) is 0 Å². The van der Waals surface area contributed by atoms with Gasteiger partial charge in [-0.1, -0.05) is 0 Å². The molecule has 1 rings (SSSR count). The van der Waals surface area contributed by atoms with Crippen molar-refractivity contribution in [2.45, 2.75) is 20.0 Å². The van der Waals surface area contributed by atoms with E-state index < -0.39 is 0 Å². The zero-order chi connectivity index (χ0) is 12.7. The van der Waals surface area contributed by atoms with Gasteiger partial charge in [0.05, 0.1) is 12.7 Å². The van der Waals surface area contributed by atoms with Crippen molar-refractivity contribution in [3.05, 3.63) is 24.3 Å². The highest BCUT2D eigenvalue weighted by Crippen LogP contribution is 2.09. The van der Waals surface area contributed by atoms with E-state index in [9.17, 15) is 4.79 Å². The first kappa shape index (κ1) is 13.3. The van der Waals surface area contributed by atoms with Crippen LogP contribution in [-0.4, -0.2) is 25.3 Å². The lowest BCUT2D eigenvalue weighted by molar-refractivity contribution is 0.0820. The average molecular weight is 237 g/mol. The molecule has 1 aromatic rings. The van der Waals surface area contributed by atoms with E-state index in [0.717, 1.165) is 0 Å². The average Bonchev–Trinajstić information content (AvgIpc) is 2.27. The van der Waals surface area contributed by atoms with Crippen LogP contribution in [0.4, 0.5) is 16.2 Å². The zero-order valence-corrected chi connectivity index (χ0v) is 10.2. The van der Waals surface area contributed by atoms with Crippen LogP contribution in [0, 0.1) is 0 Å². The maximum Gasteiger partial charge on any atom is 0.319 e. The summed E-state index contributed by atoms with van der Waals surface area (Å²) in [5, 5.41) is 5.39. The highest BCUT2D eigenvalue weighted by Gasteiger charge is 2.00. The molecular formula is C12H19N3O2. The Morgan fingerprint density at radius 3 is 2.59 bits per heavy atom. The molecule has 0 aliphatic rings. The van der Waals surface area contributed by atoms with Crippen molar-refractivity contribution in [3.8, 4) is 0 Å². The van der Waals surface area contributed by atoms with E-state index in [2.05, 4.69) is 10.6 Å². The highest BCUT2D eigenvalue weighted by atomic mass is 16.5. The van der Waals surface area contributed by atoms with Crippen LogP contribution in [0.5, 0.6) is 0 Å². The van der Waals surface area contributed by atoms with Crippen LogP contribution in [0.1, 0.15) is 13.8 Å². The van der Waals surface area contributed by atoms with Gasteiger partial charge in [0.15, 0.2) is 0 Å². The van der Waals surface area contributed by atoms with Gasteiger partial charge in [-0.3, -0.25) is 0 Å². The smallest absolute Gasteiger partial charge is 0.319 e. The van der Waals surface area contributed by atoms with E-state index in [1.54, 1.807) is 24.3 Å². The van der Waals surface area contributed by atoms with Crippen LogP contribution in [0.3, 0.4) is 0 Å². The monoisotopic (exact) mass is 237 g/mol. The maximum absolute atomic E-state index is 11.4. The van der Waals surface area contributed by atoms with E-state index in [-0.39, 0.29) is 12.1 Å². The Balaban J connectivity index is 2.23. The Hall–Kier alpha value is -1.75. The summed E-state index contributed by atoms with van der Waals surface area (Å²) in [5.41, 5.74) is 6.92. The Labute approximate surface area is 101 Å². The summed E-state index contributed by atoms with van der Waals surface area (Å²) in [6.45, 7) is 4.90. The van der Waals surface area contributed by atoms with Gasteiger partial charge in [-0.25, -0.2) is 4.79 Å². The highest BCUT2D eigenvalue weighted by molar-refractivity contribution is 5.89. The van der Waals surface area contributed by atoms with Gasteiger partial charge in [-0.15, -0.1) is 0 Å². The van der Waals surface area contributed by atoms with E-state index in [4.69, 9.17) is 10.5 Å². The molecule has 94 valence electrons. The van der Waals surface area contributed by atoms with Crippen LogP contribution >= 0.6 is 0 Å². The predicted molar refractivity (Wildman–Crippen MR) is 69.0 cm³/mol. The van der Waals surface area contributed by atoms with Crippen molar-refractivity contribution in [3.63, 3.8) is 0 Å². The molecule has 4 N–H and O–H groups in total. The fraction of sp³-hybridized carbons (Fsp3) is 0.417. The molecule has 5 nitrogen and oxygen atoms in total. The third-order valence-electron chi connectivity index (χ3n) is 2.01. The lowest BCUT2D eigenvalue weighted by Gasteiger charge is -2.09. The number of carbonyl (C=O) groups is 1. The topological polar surface area (TPSA) is 76.4 Å². The molecule has 1 aromatic carbocycles. The zero-order valence-electron chi connectivity index (χ0n) is 10.2. The number of anilines is 2. The van der Waals surface area contributed by atoms with Gasteiger partial charge in [0.2, 0.25) is 0 Å². The van der Waals surface area contributed by atoms with Crippen molar-refractivity contribution >= 4 is 17.4 Å². The first-order valence-electron chi connectivity index (χ1n) is 5.60. The second kappa shape index (κ2) is 6.75. The Bertz CT molecular complexity index is 349.